The summed E-state index contributed by atoms with van der Waals surface area (Å²) >= 11 is 0. The van der Waals surface area contributed by atoms with Gasteiger partial charge in [0.15, 0.2) is 0 Å². The molecule has 0 radical (unpaired) electrons. The Hall–Kier alpha value is -1.95. The van der Waals surface area contributed by atoms with Gasteiger partial charge in [-0.2, -0.15) is 0 Å². The molecule has 1 aromatic rings. The second kappa shape index (κ2) is 14.4. The monoisotopic (exact) mass is 480 g/mol. The summed E-state index contributed by atoms with van der Waals surface area (Å²) in [5, 5.41) is 33.2. The number of carbonyl (C=O) groups is 1. The number of amides is 1. The van der Waals surface area contributed by atoms with E-state index in [-0.39, 0.29) is 31.1 Å². The molecule has 5 atom stereocenters. The molecule has 1 amide bonds. The summed E-state index contributed by atoms with van der Waals surface area (Å²) in [4.78, 5) is 12.7. The number of nitrogens with one attached hydrogen (secondary N) is 1. The number of allylic oxidation sites excluding steroid dienone is 2. The van der Waals surface area contributed by atoms with Crippen LogP contribution in [-0.4, -0.2) is 45.6 Å². The van der Waals surface area contributed by atoms with Crippen molar-refractivity contribution in [2.45, 2.75) is 101 Å². The molecule has 2 saturated carbocycles. The third kappa shape index (κ3) is 9.01. The first-order valence-electron chi connectivity index (χ1n) is 17.4. The molecule has 2 aliphatic rings. The molecule has 2 aliphatic carbocycles. The summed E-state index contributed by atoms with van der Waals surface area (Å²) < 4.78 is 88.6. The van der Waals surface area contributed by atoms with Gasteiger partial charge < -0.3 is 20.6 Å². The largest absolute Gasteiger partial charge is 0.393 e. The summed E-state index contributed by atoms with van der Waals surface area (Å²) in [7, 11) is 0. The van der Waals surface area contributed by atoms with Gasteiger partial charge in [0.1, 0.15) is 0 Å². The van der Waals surface area contributed by atoms with Crippen LogP contribution in [0.3, 0.4) is 0 Å². The third-order valence-corrected chi connectivity index (χ3v) is 6.16. The standard InChI is InChI=1S/C29H43NO4/c31-24(18-17-22-11-5-3-6-12-22)19-20-26-25(27(32)21-28(26)33)15-9-1-2-10-16-29(34)30-23-13-7-4-8-14-23/h1,3,5-6,9,11-12,19-20,23-28,31-33H,2,4,7-8,10,13-18,21H2,(H,30,34)/b9-1-,20-19+/t24-,25+,26+,27-,28+/m0/s1/i4D2,7D2,8D2,13D2,14D2,23D. The fourth-order valence-electron chi connectivity index (χ4n) is 4.28. The highest BCUT2D eigenvalue weighted by Crippen LogP contribution is 2.36. The summed E-state index contributed by atoms with van der Waals surface area (Å²) in [6.45, 7) is 0. The zero-order valence-corrected chi connectivity index (χ0v) is 19.3. The van der Waals surface area contributed by atoms with Crippen molar-refractivity contribution in [1.29, 1.82) is 0 Å². The van der Waals surface area contributed by atoms with Gasteiger partial charge in [-0.05, 0) is 56.3 Å². The molecule has 0 aromatic heterocycles. The van der Waals surface area contributed by atoms with E-state index in [0.717, 1.165) is 5.56 Å². The molecule has 0 saturated heterocycles. The van der Waals surface area contributed by atoms with E-state index in [1.807, 2.05) is 35.6 Å². The number of aliphatic hydroxyl groups excluding tert-OH is 3. The lowest BCUT2D eigenvalue weighted by Crippen LogP contribution is -2.35. The Morgan fingerprint density at radius 3 is 2.68 bits per heavy atom. The molecule has 0 spiro atoms. The summed E-state index contributed by atoms with van der Waals surface area (Å²) in [6.07, 6.45) is -11.7. The van der Waals surface area contributed by atoms with E-state index in [2.05, 4.69) is 0 Å². The molecule has 3 rings (SSSR count). The number of unbranched alkanes of at least 4 members (excludes halogenated alkanes) is 1. The van der Waals surface area contributed by atoms with Gasteiger partial charge >= 0.3 is 0 Å². The fourth-order valence-corrected chi connectivity index (χ4v) is 4.28. The van der Waals surface area contributed by atoms with Crippen LogP contribution >= 0.6 is 0 Å². The maximum Gasteiger partial charge on any atom is 0.220 e. The van der Waals surface area contributed by atoms with Crippen LogP contribution < -0.4 is 5.32 Å². The molecule has 188 valence electrons. The van der Waals surface area contributed by atoms with Crippen LogP contribution in [0.25, 0.3) is 0 Å². The number of aryl methyl sites for hydroxylation is 1. The van der Waals surface area contributed by atoms with Crippen molar-refractivity contribution in [1.82, 2.24) is 5.32 Å². The molecule has 5 nitrogen and oxygen atoms in total. The Morgan fingerprint density at radius 2 is 1.91 bits per heavy atom. The molecule has 0 bridgehead atoms. The molecule has 0 aliphatic heterocycles. The number of benzene rings is 1. The lowest BCUT2D eigenvalue weighted by Gasteiger charge is -2.22. The number of hydrogen-bond acceptors (Lipinski definition) is 4. The molecule has 0 heterocycles. The van der Waals surface area contributed by atoms with Gasteiger partial charge in [0.05, 0.1) is 19.7 Å². The van der Waals surface area contributed by atoms with Gasteiger partial charge in [-0.25, -0.2) is 0 Å². The van der Waals surface area contributed by atoms with Crippen LogP contribution in [0.5, 0.6) is 0 Å². The minimum atomic E-state index is -3.67. The Kier molecular flexibility index (Phi) is 6.47. The molecule has 0 unspecified atom stereocenters. The highest BCUT2D eigenvalue weighted by molar-refractivity contribution is 5.76. The van der Waals surface area contributed by atoms with E-state index < -0.39 is 62.1 Å². The van der Waals surface area contributed by atoms with Gasteiger partial charge in [0.25, 0.3) is 0 Å². The number of aliphatic hydroxyl groups is 3. The Bertz CT molecular complexity index is 1200. The van der Waals surface area contributed by atoms with Crippen molar-refractivity contribution in [3.05, 3.63) is 60.2 Å². The number of rotatable bonds is 12. The van der Waals surface area contributed by atoms with E-state index >= 15 is 0 Å². The normalized spacial score (nSPS) is 40.0. The number of carbonyl (C=O) groups excluding carboxylic acids is 1. The van der Waals surface area contributed by atoms with E-state index in [4.69, 9.17) is 15.1 Å². The highest BCUT2D eigenvalue weighted by Gasteiger charge is 2.39. The van der Waals surface area contributed by atoms with Crippen LogP contribution in [0.2, 0.25) is 0 Å². The highest BCUT2D eigenvalue weighted by atomic mass is 16.3. The van der Waals surface area contributed by atoms with Crippen molar-refractivity contribution in [3.63, 3.8) is 0 Å². The van der Waals surface area contributed by atoms with E-state index in [1.165, 1.54) is 0 Å². The molecular formula is C29H43NO4. The van der Waals surface area contributed by atoms with Crippen molar-refractivity contribution in [2.75, 3.05) is 0 Å². The quantitative estimate of drug-likeness (QED) is 0.263. The first-order chi connectivity index (χ1) is 20.7. The minimum Gasteiger partial charge on any atom is -0.393 e. The van der Waals surface area contributed by atoms with Gasteiger partial charge in [0.2, 0.25) is 5.91 Å². The first-order valence-corrected chi connectivity index (χ1v) is 11.9. The average Bonchev–Trinajstić information content (AvgIpc) is 3.23. The Balaban J connectivity index is 1.54. The summed E-state index contributed by atoms with van der Waals surface area (Å²) in [5.74, 6) is -1.70. The van der Waals surface area contributed by atoms with Gasteiger partial charge in [-0.3, -0.25) is 4.79 Å². The Labute approximate surface area is 220 Å². The van der Waals surface area contributed by atoms with Crippen molar-refractivity contribution < 1.29 is 35.2 Å². The fraction of sp³-hybridized carbons (Fsp3) is 0.621. The van der Waals surface area contributed by atoms with Crippen molar-refractivity contribution in [3.8, 4) is 0 Å². The molecular weight excluding hydrogens is 426 g/mol. The maximum atomic E-state index is 12.7. The van der Waals surface area contributed by atoms with Gasteiger partial charge in [-0.1, -0.05) is 73.8 Å². The predicted octanol–water partition coefficient (Wildman–Crippen LogP) is 4.46. The topological polar surface area (TPSA) is 89.8 Å². The van der Waals surface area contributed by atoms with Crippen LogP contribution in [-0.2, 0) is 11.2 Å². The van der Waals surface area contributed by atoms with Crippen molar-refractivity contribution in [2.24, 2.45) is 11.8 Å². The SMILES string of the molecule is [2H]C1([2H])C([2H])([2H])C([2H])([2H])C([2H])(NC(=O)CCC/C=C\C[C@@H]2[C@@H](/C=C/[C@@H](O)CCc3ccccc3)[C@H](O)C[C@@H]2O)C([2H])([2H])C1([2H])[2H]. The van der Waals surface area contributed by atoms with E-state index in [0.29, 0.717) is 25.7 Å². The van der Waals surface area contributed by atoms with Crippen LogP contribution in [0.4, 0.5) is 0 Å². The van der Waals surface area contributed by atoms with Crippen molar-refractivity contribution >= 4 is 5.91 Å². The van der Waals surface area contributed by atoms with Crippen LogP contribution in [0, 0.1) is 11.8 Å². The lowest BCUT2D eigenvalue weighted by atomic mass is 9.89. The zero-order chi connectivity index (χ0) is 34.1. The van der Waals surface area contributed by atoms with Gasteiger partial charge in [0, 0.05) is 38.5 Å². The first kappa shape index (κ1) is 15.2. The zero-order valence-electron chi connectivity index (χ0n) is 30.3. The summed E-state index contributed by atoms with van der Waals surface area (Å²) in [5.41, 5.74) is 1.10. The molecule has 34 heavy (non-hydrogen) atoms. The van der Waals surface area contributed by atoms with E-state index in [9.17, 15) is 20.1 Å². The second-order valence-corrected chi connectivity index (χ2v) is 8.74. The smallest absolute Gasteiger partial charge is 0.220 e. The van der Waals surface area contributed by atoms with Crippen LogP contribution in [0.15, 0.2) is 54.6 Å². The number of hydrogen-bond donors (Lipinski definition) is 4. The predicted molar refractivity (Wildman–Crippen MR) is 136 cm³/mol. The lowest BCUT2D eigenvalue weighted by molar-refractivity contribution is -0.122. The van der Waals surface area contributed by atoms with Gasteiger partial charge in [-0.15, -0.1) is 0 Å². The Morgan fingerprint density at radius 1 is 1.15 bits per heavy atom. The molecule has 1 aromatic carbocycles. The summed E-state index contributed by atoms with van der Waals surface area (Å²) in [6, 6.07) is 6.26. The van der Waals surface area contributed by atoms with E-state index in [1.54, 1.807) is 24.3 Å². The average molecular weight is 481 g/mol. The molecule has 4 N–H and O–H groups in total. The third-order valence-electron chi connectivity index (χ3n) is 6.16. The minimum absolute atomic E-state index is 0.164. The molecule has 2 fully saturated rings. The molecule has 5 heteroatoms. The maximum absolute atomic E-state index is 12.7. The second-order valence-electron chi connectivity index (χ2n) is 8.74. The van der Waals surface area contributed by atoms with Crippen LogP contribution in [0.1, 0.15) is 91.0 Å².